The Balaban J connectivity index is 1.97. The second-order valence-electron chi connectivity index (χ2n) is 5.51. The maximum absolute atomic E-state index is 13.8. The molecule has 0 N–H and O–H groups in total. The lowest BCUT2D eigenvalue weighted by atomic mass is 10.1. The molecule has 0 aliphatic heterocycles. The highest BCUT2D eigenvalue weighted by Gasteiger charge is 2.33. The van der Waals surface area contributed by atoms with Gasteiger partial charge in [0.25, 0.3) is 0 Å². The Morgan fingerprint density at radius 3 is 2.36 bits per heavy atom. The van der Waals surface area contributed by atoms with Gasteiger partial charge in [-0.15, -0.1) is 6.58 Å². The Bertz CT molecular complexity index is 727. The SMILES string of the molecule is C=CCCc1ccc(OC(F)(F)COc2ccc(C)c(F)c2F)cc1. The van der Waals surface area contributed by atoms with Crippen LogP contribution in [0.5, 0.6) is 11.5 Å². The fourth-order valence-corrected chi connectivity index (χ4v) is 2.10. The standard InChI is InChI=1S/C19H18F4O2/c1-3-4-5-14-7-9-15(10-8-14)25-19(22,23)12-24-16-11-6-13(2)17(20)18(16)21/h3,6-11H,1,4-5,12H2,2H3. The molecular weight excluding hydrogens is 336 g/mol. The van der Waals surface area contributed by atoms with E-state index in [-0.39, 0.29) is 11.3 Å². The van der Waals surface area contributed by atoms with Crippen LogP contribution in [0, 0.1) is 18.6 Å². The Labute approximate surface area is 143 Å². The molecule has 25 heavy (non-hydrogen) atoms. The number of hydrogen-bond donors (Lipinski definition) is 0. The van der Waals surface area contributed by atoms with Crippen molar-refractivity contribution >= 4 is 0 Å². The minimum Gasteiger partial charge on any atom is -0.480 e. The van der Waals surface area contributed by atoms with Crippen LogP contribution in [-0.4, -0.2) is 12.7 Å². The topological polar surface area (TPSA) is 18.5 Å². The highest BCUT2D eigenvalue weighted by atomic mass is 19.3. The fourth-order valence-electron chi connectivity index (χ4n) is 2.10. The first-order valence-corrected chi connectivity index (χ1v) is 7.66. The highest BCUT2D eigenvalue weighted by molar-refractivity contribution is 5.30. The number of alkyl halides is 2. The van der Waals surface area contributed by atoms with Gasteiger partial charge in [0, 0.05) is 0 Å². The molecule has 0 spiro atoms. The van der Waals surface area contributed by atoms with Crippen LogP contribution in [0.1, 0.15) is 17.5 Å². The minimum atomic E-state index is -3.70. The first-order valence-electron chi connectivity index (χ1n) is 7.66. The third-order valence-electron chi connectivity index (χ3n) is 3.46. The number of rotatable bonds is 8. The molecule has 0 amide bonds. The van der Waals surface area contributed by atoms with Crippen molar-refractivity contribution in [2.45, 2.75) is 25.9 Å². The van der Waals surface area contributed by atoms with E-state index < -0.39 is 30.1 Å². The molecule has 0 bridgehead atoms. The van der Waals surface area contributed by atoms with Gasteiger partial charge >= 0.3 is 6.11 Å². The summed E-state index contributed by atoms with van der Waals surface area (Å²) in [7, 11) is 0. The summed E-state index contributed by atoms with van der Waals surface area (Å²) >= 11 is 0. The van der Waals surface area contributed by atoms with Crippen LogP contribution in [0.15, 0.2) is 49.1 Å². The Kier molecular flexibility index (Phi) is 6.07. The number of aryl methyl sites for hydroxylation is 2. The molecule has 2 aromatic carbocycles. The molecule has 6 heteroatoms. The summed E-state index contributed by atoms with van der Waals surface area (Å²) in [5.41, 5.74) is 1.02. The van der Waals surface area contributed by atoms with Crippen LogP contribution in [-0.2, 0) is 6.42 Å². The average Bonchev–Trinajstić information content (AvgIpc) is 2.58. The number of halogens is 4. The average molecular weight is 354 g/mol. The molecule has 0 unspecified atom stereocenters. The van der Waals surface area contributed by atoms with Gasteiger partial charge < -0.3 is 9.47 Å². The Hall–Kier alpha value is -2.50. The van der Waals surface area contributed by atoms with Crippen molar-refractivity contribution in [3.05, 3.63) is 71.8 Å². The quantitative estimate of drug-likeness (QED) is 0.464. The van der Waals surface area contributed by atoms with Crippen LogP contribution in [0.25, 0.3) is 0 Å². The van der Waals surface area contributed by atoms with E-state index in [1.807, 2.05) is 0 Å². The largest absolute Gasteiger partial charge is 0.480 e. The molecule has 134 valence electrons. The highest BCUT2D eigenvalue weighted by Crippen LogP contribution is 2.26. The lowest BCUT2D eigenvalue weighted by molar-refractivity contribution is -0.195. The van der Waals surface area contributed by atoms with Crippen molar-refractivity contribution in [3.8, 4) is 11.5 Å². The van der Waals surface area contributed by atoms with E-state index in [1.165, 1.54) is 25.1 Å². The minimum absolute atomic E-state index is 0.0495. The van der Waals surface area contributed by atoms with Crippen molar-refractivity contribution in [2.24, 2.45) is 0 Å². The molecule has 0 aromatic heterocycles. The molecule has 0 aliphatic rings. The van der Waals surface area contributed by atoms with Crippen LogP contribution in [0.3, 0.4) is 0 Å². The van der Waals surface area contributed by atoms with Gasteiger partial charge in [-0.2, -0.15) is 13.2 Å². The van der Waals surface area contributed by atoms with Crippen LogP contribution in [0.2, 0.25) is 0 Å². The van der Waals surface area contributed by atoms with Crippen LogP contribution in [0.4, 0.5) is 17.6 Å². The Morgan fingerprint density at radius 2 is 1.72 bits per heavy atom. The number of ether oxygens (including phenoxy) is 2. The third kappa shape index (κ3) is 5.24. The number of hydrogen-bond acceptors (Lipinski definition) is 2. The van der Waals surface area contributed by atoms with E-state index in [2.05, 4.69) is 16.1 Å². The zero-order valence-electron chi connectivity index (χ0n) is 13.7. The van der Waals surface area contributed by atoms with Crippen LogP contribution >= 0.6 is 0 Å². The summed E-state index contributed by atoms with van der Waals surface area (Å²) in [6, 6.07) is 8.51. The van der Waals surface area contributed by atoms with Gasteiger partial charge in [0.15, 0.2) is 18.2 Å². The van der Waals surface area contributed by atoms with Crippen molar-refractivity contribution in [1.29, 1.82) is 0 Å². The second-order valence-corrected chi connectivity index (χ2v) is 5.51. The summed E-state index contributed by atoms with van der Waals surface area (Å²) in [6.45, 7) is 3.73. The maximum atomic E-state index is 13.8. The Morgan fingerprint density at radius 1 is 1.04 bits per heavy atom. The molecule has 2 nitrogen and oxygen atoms in total. The molecule has 0 saturated carbocycles. The summed E-state index contributed by atoms with van der Waals surface area (Å²) in [4.78, 5) is 0. The smallest absolute Gasteiger partial charge is 0.432 e. The molecule has 0 heterocycles. The molecular formula is C19H18F4O2. The molecule has 0 radical (unpaired) electrons. The monoisotopic (exact) mass is 354 g/mol. The van der Waals surface area contributed by atoms with Gasteiger partial charge in [0.2, 0.25) is 5.82 Å². The van der Waals surface area contributed by atoms with E-state index in [0.717, 1.165) is 24.5 Å². The van der Waals surface area contributed by atoms with Gasteiger partial charge in [0.1, 0.15) is 5.75 Å². The predicted molar refractivity (Wildman–Crippen MR) is 87.1 cm³/mol. The molecule has 0 saturated heterocycles. The predicted octanol–water partition coefficient (Wildman–Crippen LogP) is 5.44. The number of allylic oxidation sites excluding steroid dienone is 1. The molecule has 2 aromatic rings. The fraction of sp³-hybridized carbons (Fsp3) is 0.263. The lowest BCUT2D eigenvalue weighted by Gasteiger charge is -2.19. The van der Waals surface area contributed by atoms with Gasteiger partial charge in [-0.25, -0.2) is 4.39 Å². The van der Waals surface area contributed by atoms with Crippen molar-refractivity contribution in [3.63, 3.8) is 0 Å². The van der Waals surface area contributed by atoms with E-state index >= 15 is 0 Å². The summed E-state index contributed by atoms with van der Waals surface area (Å²) in [5.74, 6) is -3.07. The first kappa shape index (κ1) is 18.8. The van der Waals surface area contributed by atoms with E-state index in [4.69, 9.17) is 0 Å². The summed E-state index contributed by atoms with van der Waals surface area (Å²) < 4.78 is 64.0. The van der Waals surface area contributed by atoms with Crippen molar-refractivity contribution in [1.82, 2.24) is 0 Å². The second kappa shape index (κ2) is 8.05. The lowest BCUT2D eigenvalue weighted by Crippen LogP contribution is -2.32. The third-order valence-corrected chi connectivity index (χ3v) is 3.46. The molecule has 0 fully saturated rings. The normalized spacial score (nSPS) is 11.2. The first-order chi connectivity index (χ1) is 11.8. The zero-order valence-corrected chi connectivity index (χ0v) is 13.7. The van der Waals surface area contributed by atoms with Crippen LogP contribution < -0.4 is 9.47 Å². The van der Waals surface area contributed by atoms with E-state index in [1.54, 1.807) is 18.2 Å². The van der Waals surface area contributed by atoms with Gasteiger partial charge in [-0.1, -0.05) is 24.3 Å². The number of benzene rings is 2. The van der Waals surface area contributed by atoms with Crippen molar-refractivity contribution in [2.75, 3.05) is 6.61 Å². The summed E-state index contributed by atoms with van der Waals surface area (Å²) in [6.07, 6.45) is -0.399. The van der Waals surface area contributed by atoms with E-state index in [0.29, 0.717) is 0 Å². The van der Waals surface area contributed by atoms with E-state index in [9.17, 15) is 17.6 Å². The molecule has 0 aliphatic carbocycles. The van der Waals surface area contributed by atoms with Gasteiger partial charge in [-0.05, 0) is 49.1 Å². The maximum Gasteiger partial charge on any atom is 0.432 e. The summed E-state index contributed by atoms with van der Waals surface area (Å²) in [5, 5.41) is 0. The molecule has 2 rings (SSSR count). The zero-order chi connectivity index (χ0) is 18.4. The molecule has 0 atom stereocenters. The van der Waals surface area contributed by atoms with Crippen molar-refractivity contribution < 1.29 is 27.0 Å². The van der Waals surface area contributed by atoms with Gasteiger partial charge in [0.05, 0.1) is 0 Å². The van der Waals surface area contributed by atoms with Gasteiger partial charge in [-0.3, -0.25) is 0 Å².